The van der Waals surface area contributed by atoms with Gasteiger partial charge in [0.15, 0.2) is 0 Å². The van der Waals surface area contributed by atoms with Gasteiger partial charge in [-0.25, -0.2) is 0 Å². The number of anilines is 2. The Morgan fingerprint density at radius 2 is 1.90 bits per heavy atom. The molecule has 2 aromatic rings. The van der Waals surface area contributed by atoms with Crippen molar-refractivity contribution in [3.05, 3.63) is 59.1 Å². The standard InChI is InChI=1S/C17H21ClN2O/c1-21-12-11-19-10-9-14-5-2-3-8-17(14)20-16-7-4-6-15(18)13-16/h2-8,13,19-20H,9-12H2,1H3. The van der Waals surface area contributed by atoms with Crippen LogP contribution in [0.4, 0.5) is 11.4 Å². The third-order valence-electron chi connectivity index (χ3n) is 3.18. The molecule has 0 aromatic heterocycles. The monoisotopic (exact) mass is 304 g/mol. The number of hydrogen-bond donors (Lipinski definition) is 2. The third kappa shape index (κ3) is 5.38. The number of para-hydroxylation sites is 1. The fourth-order valence-electron chi connectivity index (χ4n) is 2.10. The number of nitrogens with one attached hydrogen (secondary N) is 2. The number of rotatable bonds is 8. The Bertz CT molecular complexity index is 560. The van der Waals surface area contributed by atoms with Crippen molar-refractivity contribution in [2.45, 2.75) is 6.42 Å². The van der Waals surface area contributed by atoms with E-state index in [9.17, 15) is 0 Å². The highest BCUT2D eigenvalue weighted by molar-refractivity contribution is 6.30. The van der Waals surface area contributed by atoms with Crippen molar-refractivity contribution < 1.29 is 4.74 Å². The quantitative estimate of drug-likeness (QED) is 0.727. The molecule has 2 aromatic carbocycles. The largest absolute Gasteiger partial charge is 0.383 e. The first-order valence-electron chi connectivity index (χ1n) is 7.10. The molecule has 0 aliphatic heterocycles. The second kappa shape index (κ2) is 8.67. The molecule has 0 amide bonds. The van der Waals surface area contributed by atoms with Crippen molar-refractivity contribution in [1.82, 2.24) is 5.32 Å². The molecule has 0 aliphatic carbocycles. The SMILES string of the molecule is COCCNCCc1ccccc1Nc1cccc(Cl)c1. The van der Waals surface area contributed by atoms with Gasteiger partial charge in [0.05, 0.1) is 6.61 Å². The smallest absolute Gasteiger partial charge is 0.0587 e. The second-order valence-electron chi connectivity index (χ2n) is 4.79. The summed E-state index contributed by atoms with van der Waals surface area (Å²) in [6.07, 6.45) is 0.966. The lowest BCUT2D eigenvalue weighted by Crippen LogP contribution is -2.21. The Hall–Kier alpha value is -1.55. The minimum atomic E-state index is 0.735. The lowest BCUT2D eigenvalue weighted by molar-refractivity contribution is 0.199. The summed E-state index contributed by atoms with van der Waals surface area (Å²) in [6.45, 7) is 2.54. The molecule has 0 bridgehead atoms. The average molecular weight is 305 g/mol. The average Bonchev–Trinajstić information content (AvgIpc) is 2.49. The lowest BCUT2D eigenvalue weighted by Gasteiger charge is -2.12. The topological polar surface area (TPSA) is 33.3 Å². The van der Waals surface area contributed by atoms with E-state index in [0.29, 0.717) is 0 Å². The predicted molar refractivity (Wildman–Crippen MR) is 89.6 cm³/mol. The minimum absolute atomic E-state index is 0.735. The Morgan fingerprint density at radius 3 is 2.71 bits per heavy atom. The van der Waals surface area contributed by atoms with Crippen LogP contribution < -0.4 is 10.6 Å². The molecule has 2 rings (SSSR count). The molecule has 0 radical (unpaired) electrons. The molecular formula is C17H21ClN2O. The normalized spacial score (nSPS) is 10.6. The Balaban J connectivity index is 1.96. The molecule has 0 heterocycles. The maximum absolute atomic E-state index is 6.02. The Kier molecular flexibility index (Phi) is 6.54. The summed E-state index contributed by atoms with van der Waals surface area (Å²) in [6, 6.07) is 16.1. The minimum Gasteiger partial charge on any atom is -0.383 e. The molecule has 0 aliphatic rings. The molecule has 0 saturated heterocycles. The first-order valence-corrected chi connectivity index (χ1v) is 7.47. The summed E-state index contributed by atoms with van der Waals surface area (Å²) in [5.74, 6) is 0. The van der Waals surface area contributed by atoms with Gasteiger partial charge in [0.25, 0.3) is 0 Å². The van der Waals surface area contributed by atoms with Crippen LogP contribution in [0.3, 0.4) is 0 Å². The van der Waals surface area contributed by atoms with Crippen LogP contribution in [0.1, 0.15) is 5.56 Å². The van der Waals surface area contributed by atoms with E-state index in [1.807, 2.05) is 30.3 Å². The summed E-state index contributed by atoms with van der Waals surface area (Å²) in [5.41, 5.74) is 3.40. The maximum atomic E-state index is 6.02. The number of halogens is 1. The highest BCUT2D eigenvalue weighted by Gasteiger charge is 2.02. The van der Waals surface area contributed by atoms with E-state index >= 15 is 0 Å². The summed E-state index contributed by atoms with van der Waals surface area (Å²) in [5, 5.41) is 7.52. The molecule has 0 saturated carbocycles. The third-order valence-corrected chi connectivity index (χ3v) is 3.41. The number of benzene rings is 2. The number of hydrogen-bond acceptors (Lipinski definition) is 3. The highest BCUT2D eigenvalue weighted by Crippen LogP contribution is 2.23. The van der Waals surface area contributed by atoms with E-state index in [4.69, 9.17) is 16.3 Å². The van der Waals surface area contributed by atoms with Crippen molar-refractivity contribution in [3.63, 3.8) is 0 Å². The molecule has 112 valence electrons. The van der Waals surface area contributed by atoms with Crippen molar-refractivity contribution in [1.29, 1.82) is 0 Å². The van der Waals surface area contributed by atoms with E-state index < -0.39 is 0 Å². The molecule has 3 nitrogen and oxygen atoms in total. The fourth-order valence-corrected chi connectivity index (χ4v) is 2.29. The lowest BCUT2D eigenvalue weighted by atomic mass is 10.1. The van der Waals surface area contributed by atoms with Crippen LogP contribution in [0, 0.1) is 0 Å². The van der Waals surface area contributed by atoms with Crippen LogP contribution in [0.2, 0.25) is 5.02 Å². The molecule has 0 unspecified atom stereocenters. The van der Waals surface area contributed by atoms with Crippen molar-refractivity contribution >= 4 is 23.0 Å². The summed E-state index contributed by atoms with van der Waals surface area (Å²) < 4.78 is 5.02. The fraction of sp³-hybridized carbons (Fsp3) is 0.294. The predicted octanol–water partition coefficient (Wildman–Crippen LogP) is 3.86. The first-order chi connectivity index (χ1) is 10.3. The maximum Gasteiger partial charge on any atom is 0.0587 e. The van der Waals surface area contributed by atoms with Crippen molar-refractivity contribution in [2.24, 2.45) is 0 Å². The van der Waals surface area contributed by atoms with Gasteiger partial charge in [-0.2, -0.15) is 0 Å². The van der Waals surface area contributed by atoms with Gasteiger partial charge < -0.3 is 15.4 Å². The summed E-state index contributed by atoms with van der Waals surface area (Å²) >= 11 is 6.02. The molecule has 0 fully saturated rings. The van der Waals surface area contributed by atoms with Crippen LogP contribution in [0.25, 0.3) is 0 Å². The van der Waals surface area contributed by atoms with E-state index in [1.54, 1.807) is 7.11 Å². The van der Waals surface area contributed by atoms with Gasteiger partial charge >= 0.3 is 0 Å². The van der Waals surface area contributed by atoms with Gasteiger partial charge in [0, 0.05) is 30.1 Å². The molecule has 21 heavy (non-hydrogen) atoms. The van der Waals surface area contributed by atoms with Crippen LogP contribution in [-0.2, 0) is 11.2 Å². The van der Waals surface area contributed by atoms with Gasteiger partial charge in [-0.1, -0.05) is 35.9 Å². The first kappa shape index (κ1) is 15.8. The molecule has 4 heteroatoms. The van der Waals surface area contributed by atoms with Crippen molar-refractivity contribution in [2.75, 3.05) is 32.1 Å². The van der Waals surface area contributed by atoms with Gasteiger partial charge in [0.1, 0.15) is 0 Å². The second-order valence-corrected chi connectivity index (χ2v) is 5.22. The van der Waals surface area contributed by atoms with Gasteiger partial charge in [-0.3, -0.25) is 0 Å². The van der Waals surface area contributed by atoms with E-state index in [-0.39, 0.29) is 0 Å². The Labute approximate surface area is 131 Å². The summed E-state index contributed by atoms with van der Waals surface area (Å²) in [4.78, 5) is 0. The van der Waals surface area contributed by atoms with Gasteiger partial charge in [-0.05, 0) is 42.8 Å². The zero-order valence-corrected chi connectivity index (χ0v) is 13.0. The zero-order valence-electron chi connectivity index (χ0n) is 12.2. The van der Waals surface area contributed by atoms with E-state index in [0.717, 1.165) is 42.5 Å². The van der Waals surface area contributed by atoms with Crippen molar-refractivity contribution in [3.8, 4) is 0 Å². The summed E-state index contributed by atoms with van der Waals surface area (Å²) in [7, 11) is 1.71. The highest BCUT2D eigenvalue weighted by atomic mass is 35.5. The van der Waals surface area contributed by atoms with Crippen LogP contribution >= 0.6 is 11.6 Å². The number of methoxy groups -OCH3 is 1. The van der Waals surface area contributed by atoms with Crippen LogP contribution in [0.15, 0.2) is 48.5 Å². The number of ether oxygens (including phenoxy) is 1. The molecule has 0 spiro atoms. The van der Waals surface area contributed by atoms with E-state index in [2.05, 4.69) is 28.8 Å². The van der Waals surface area contributed by atoms with Crippen LogP contribution in [0.5, 0.6) is 0 Å². The van der Waals surface area contributed by atoms with E-state index in [1.165, 1.54) is 5.56 Å². The zero-order chi connectivity index (χ0) is 14.9. The molecular weight excluding hydrogens is 284 g/mol. The molecule has 2 N–H and O–H groups in total. The Morgan fingerprint density at radius 1 is 1.05 bits per heavy atom. The van der Waals surface area contributed by atoms with Gasteiger partial charge in [0.2, 0.25) is 0 Å². The van der Waals surface area contributed by atoms with Gasteiger partial charge in [-0.15, -0.1) is 0 Å². The molecule has 0 atom stereocenters. The van der Waals surface area contributed by atoms with Crippen LogP contribution in [-0.4, -0.2) is 26.8 Å².